The molecule has 0 saturated carbocycles. The van der Waals surface area contributed by atoms with Gasteiger partial charge in [0.25, 0.3) is 0 Å². The van der Waals surface area contributed by atoms with Crippen LogP contribution in [0.15, 0.2) is 18.2 Å². The Balaban J connectivity index is 1.96. The van der Waals surface area contributed by atoms with Crippen LogP contribution in [0.2, 0.25) is 10.0 Å². The Labute approximate surface area is 131 Å². The standard InChI is InChI=1S/C16H23Cl2NO/c1-12(2)11-19-7-5-16(20,6-8-19)10-13-3-4-14(17)9-15(13)18/h3-4,9,12,20H,5-8,10-11H2,1-2H3. The quantitative estimate of drug-likeness (QED) is 0.907. The van der Waals surface area contributed by atoms with Gasteiger partial charge in [-0.3, -0.25) is 0 Å². The highest BCUT2D eigenvalue weighted by Gasteiger charge is 2.32. The number of benzene rings is 1. The molecule has 0 atom stereocenters. The van der Waals surface area contributed by atoms with E-state index in [0.29, 0.717) is 22.4 Å². The summed E-state index contributed by atoms with van der Waals surface area (Å²) in [7, 11) is 0. The van der Waals surface area contributed by atoms with Gasteiger partial charge in [0.05, 0.1) is 5.60 Å². The Morgan fingerprint density at radius 3 is 2.45 bits per heavy atom. The smallest absolute Gasteiger partial charge is 0.0712 e. The van der Waals surface area contributed by atoms with Crippen LogP contribution in [-0.2, 0) is 6.42 Å². The van der Waals surface area contributed by atoms with Gasteiger partial charge in [-0.1, -0.05) is 43.1 Å². The van der Waals surface area contributed by atoms with Gasteiger partial charge < -0.3 is 10.0 Å². The van der Waals surface area contributed by atoms with Crippen LogP contribution in [0.5, 0.6) is 0 Å². The summed E-state index contributed by atoms with van der Waals surface area (Å²) in [6.45, 7) is 7.49. The second-order valence-corrected chi connectivity index (χ2v) is 7.17. The van der Waals surface area contributed by atoms with Crippen molar-refractivity contribution < 1.29 is 5.11 Å². The Hall–Kier alpha value is -0.280. The highest BCUT2D eigenvalue weighted by molar-refractivity contribution is 6.35. The number of hydrogen-bond donors (Lipinski definition) is 1. The Morgan fingerprint density at radius 1 is 1.25 bits per heavy atom. The molecule has 0 aromatic heterocycles. The molecule has 0 spiro atoms. The molecular weight excluding hydrogens is 293 g/mol. The van der Waals surface area contributed by atoms with Crippen LogP contribution in [0.1, 0.15) is 32.3 Å². The van der Waals surface area contributed by atoms with Crippen molar-refractivity contribution in [3.05, 3.63) is 33.8 Å². The zero-order chi connectivity index (χ0) is 14.8. The molecular formula is C16H23Cl2NO. The average molecular weight is 316 g/mol. The molecule has 1 aliphatic rings. The lowest BCUT2D eigenvalue weighted by molar-refractivity contribution is -0.0227. The molecule has 20 heavy (non-hydrogen) atoms. The van der Waals surface area contributed by atoms with Crippen LogP contribution in [0.3, 0.4) is 0 Å². The summed E-state index contributed by atoms with van der Waals surface area (Å²) >= 11 is 12.1. The van der Waals surface area contributed by atoms with Gasteiger partial charge in [-0.15, -0.1) is 0 Å². The first kappa shape index (κ1) is 16.1. The molecule has 0 bridgehead atoms. The summed E-state index contributed by atoms with van der Waals surface area (Å²) in [5.74, 6) is 0.673. The van der Waals surface area contributed by atoms with Crippen molar-refractivity contribution in [2.24, 2.45) is 5.92 Å². The van der Waals surface area contributed by atoms with Gasteiger partial charge in [0.15, 0.2) is 0 Å². The maximum absolute atomic E-state index is 10.8. The molecule has 112 valence electrons. The minimum Gasteiger partial charge on any atom is -0.389 e. The topological polar surface area (TPSA) is 23.5 Å². The third-order valence-corrected chi connectivity index (χ3v) is 4.53. The van der Waals surface area contributed by atoms with E-state index in [2.05, 4.69) is 18.7 Å². The number of likely N-dealkylation sites (tertiary alicyclic amines) is 1. The molecule has 0 aliphatic carbocycles. The van der Waals surface area contributed by atoms with Crippen molar-refractivity contribution in [2.45, 2.75) is 38.7 Å². The van der Waals surface area contributed by atoms with Crippen LogP contribution < -0.4 is 0 Å². The van der Waals surface area contributed by atoms with Crippen molar-refractivity contribution in [1.82, 2.24) is 4.90 Å². The van der Waals surface area contributed by atoms with Crippen molar-refractivity contribution in [2.75, 3.05) is 19.6 Å². The van der Waals surface area contributed by atoms with Crippen LogP contribution in [-0.4, -0.2) is 35.2 Å². The third-order valence-electron chi connectivity index (χ3n) is 3.94. The fraction of sp³-hybridized carbons (Fsp3) is 0.625. The van der Waals surface area contributed by atoms with Crippen LogP contribution in [0, 0.1) is 5.92 Å². The van der Waals surface area contributed by atoms with E-state index in [1.807, 2.05) is 12.1 Å². The van der Waals surface area contributed by atoms with Crippen molar-refractivity contribution >= 4 is 23.2 Å². The fourth-order valence-corrected chi connectivity index (χ4v) is 3.34. The number of aliphatic hydroxyl groups is 1. The summed E-state index contributed by atoms with van der Waals surface area (Å²) in [6, 6.07) is 5.50. The lowest BCUT2D eigenvalue weighted by Crippen LogP contribution is -2.46. The maximum atomic E-state index is 10.8. The largest absolute Gasteiger partial charge is 0.389 e. The average Bonchev–Trinajstić information content (AvgIpc) is 2.36. The molecule has 1 saturated heterocycles. The van der Waals surface area contributed by atoms with E-state index in [-0.39, 0.29) is 0 Å². The van der Waals surface area contributed by atoms with Crippen molar-refractivity contribution in [3.63, 3.8) is 0 Å². The van der Waals surface area contributed by atoms with Gasteiger partial charge in [0, 0.05) is 36.1 Å². The van der Waals surface area contributed by atoms with E-state index in [1.54, 1.807) is 6.07 Å². The van der Waals surface area contributed by atoms with Gasteiger partial charge in [-0.05, 0) is 36.5 Å². The molecule has 1 N–H and O–H groups in total. The molecule has 0 amide bonds. The van der Waals surface area contributed by atoms with E-state index >= 15 is 0 Å². The number of hydrogen-bond acceptors (Lipinski definition) is 2. The predicted molar refractivity (Wildman–Crippen MR) is 85.6 cm³/mol. The number of nitrogens with zero attached hydrogens (tertiary/aromatic N) is 1. The van der Waals surface area contributed by atoms with Crippen molar-refractivity contribution in [3.8, 4) is 0 Å². The van der Waals surface area contributed by atoms with Gasteiger partial charge in [-0.2, -0.15) is 0 Å². The first-order valence-corrected chi connectivity index (χ1v) is 8.02. The van der Waals surface area contributed by atoms with Gasteiger partial charge >= 0.3 is 0 Å². The highest BCUT2D eigenvalue weighted by Crippen LogP contribution is 2.30. The van der Waals surface area contributed by atoms with Crippen molar-refractivity contribution in [1.29, 1.82) is 0 Å². The minimum absolute atomic E-state index is 0.610. The minimum atomic E-state index is -0.634. The molecule has 1 aromatic rings. The zero-order valence-electron chi connectivity index (χ0n) is 12.2. The summed E-state index contributed by atoms with van der Waals surface area (Å²) < 4.78 is 0. The number of halogens is 2. The third kappa shape index (κ3) is 4.36. The molecule has 0 unspecified atom stereocenters. The number of piperidine rings is 1. The molecule has 2 nitrogen and oxygen atoms in total. The van der Waals surface area contributed by atoms with Crippen LogP contribution >= 0.6 is 23.2 Å². The molecule has 1 aromatic carbocycles. The van der Waals surface area contributed by atoms with E-state index < -0.39 is 5.60 Å². The lowest BCUT2D eigenvalue weighted by atomic mass is 9.85. The summed E-state index contributed by atoms with van der Waals surface area (Å²) in [4.78, 5) is 2.43. The van der Waals surface area contributed by atoms with Crippen LogP contribution in [0.4, 0.5) is 0 Å². The van der Waals surface area contributed by atoms with Gasteiger partial charge in [-0.25, -0.2) is 0 Å². The lowest BCUT2D eigenvalue weighted by Gasteiger charge is -2.39. The van der Waals surface area contributed by atoms with Crippen LogP contribution in [0.25, 0.3) is 0 Å². The van der Waals surface area contributed by atoms with E-state index in [1.165, 1.54) is 0 Å². The zero-order valence-corrected chi connectivity index (χ0v) is 13.7. The summed E-state index contributed by atoms with van der Waals surface area (Å²) in [6.07, 6.45) is 2.22. The Morgan fingerprint density at radius 2 is 1.90 bits per heavy atom. The fourth-order valence-electron chi connectivity index (χ4n) is 2.86. The molecule has 1 heterocycles. The normalized spacial score (nSPS) is 19.5. The van der Waals surface area contributed by atoms with E-state index in [0.717, 1.165) is 38.0 Å². The molecule has 1 fully saturated rings. The molecule has 4 heteroatoms. The summed E-state index contributed by atoms with van der Waals surface area (Å²) in [5, 5.41) is 12.0. The monoisotopic (exact) mass is 315 g/mol. The Bertz CT molecular complexity index is 454. The molecule has 0 radical (unpaired) electrons. The highest BCUT2D eigenvalue weighted by atomic mass is 35.5. The maximum Gasteiger partial charge on any atom is 0.0712 e. The molecule has 2 rings (SSSR count). The second kappa shape index (κ2) is 6.65. The second-order valence-electron chi connectivity index (χ2n) is 6.33. The predicted octanol–water partition coefficient (Wildman–Crippen LogP) is 4.02. The summed E-state index contributed by atoms with van der Waals surface area (Å²) in [5.41, 5.74) is 0.348. The van der Waals surface area contributed by atoms with Gasteiger partial charge in [0.1, 0.15) is 0 Å². The first-order valence-electron chi connectivity index (χ1n) is 7.27. The molecule has 1 aliphatic heterocycles. The SMILES string of the molecule is CC(C)CN1CCC(O)(Cc2ccc(Cl)cc2Cl)CC1. The number of rotatable bonds is 4. The Kier molecular flexibility index (Phi) is 5.36. The van der Waals surface area contributed by atoms with E-state index in [9.17, 15) is 5.11 Å². The van der Waals surface area contributed by atoms with Gasteiger partial charge in [0.2, 0.25) is 0 Å². The first-order chi connectivity index (χ1) is 9.38. The van der Waals surface area contributed by atoms with E-state index in [4.69, 9.17) is 23.2 Å².